The summed E-state index contributed by atoms with van der Waals surface area (Å²) >= 11 is 0. The van der Waals surface area contributed by atoms with Gasteiger partial charge in [0.25, 0.3) is 0 Å². The number of fused-ring (bicyclic) bond motifs is 1. The van der Waals surface area contributed by atoms with E-state index in [1.807, 2.05) is 13.0 Å². The van der Waals surface area contributed by atoms with Gasteiger partial charge in [0.2, 0.25) is 0 Å². The fourth-order valence-corrected chi connectivity index (χ4v) is 3.20. The number of hydrogen-bond acceptors (Lipinski definition) is 3. The van der Waals surface area contributed by atoms with Crippen LogP contribution < -0.4 is 10.6 Å². The Balaban J connectivity index is 0.00000261. The molecule has 0 amide bonds. The molecule has 0 saturated carbocycles. The topological polar surface area (TPSA) is 67.1 Å². The molecule has 0 fully saturated rings. The summed E-state index contributed by atoms with van der Waals surface area (Å²) in [4.78, 5) is 4.27. The van der Waals surface area contributed by atoms with E-state index in [0.717, 1.165) is 30.2 Å². The van der Waals surface area contributed by atoms with Crippen molar-refractivity contribution in [1.82, 2.24) is 25.4 Å². The smallest absolute Gasteiger partial charge is 0.191 e. The first kappa shape index (κ1) is 21.6. The minimum Gasteiger partial charge on any atom is -0.350 e. The van der Waals surface area contributed by atoms with Crippen LogP contribution in [0.3, 0.4) is 0 Å². The number of aliphatic imine (C=N–C) groups is 1. The molecule has 148 valence electrons. The molecule has 1 atom stereocenters. The lowest BCUT2D eigenvalue weighted by atomic mass is 10.1. The zero-order chi connectivity index (χ0) is 18.5. The van der Waals surface area contributed by atoms with E-state index >= 15 is 0 Å². The molecule has 2 heterocycles. The lowest BCUT2D eigenvalue weighted by Gasteiger charge is -2.18. The molecule has 1 aromatic heterocycles. The van der Waals surface area contributed by atoms with Gasteiger partial charge in [0.05, 0.1) is 12.6 Å². The summed E-state index contributed by atoms with van der Waals surface area (Å²) in [7, 11) is 1.72. The summed E-state index contributed by atoms with van der Waals surface area (Å²) in [6, 6.07) is 5.23. The van der Waals surface area contributed by atoms with Gasteiger partial charge in [-0.25, -0.2) is 4.39 Å². The van der Waals surface area contributed by atoms with E-state index < -0.39 is 0 Å². The van der Waals surface area contributed by atoms with Crippen molar-refractivity contribution in [2.75, 3.05) is 7.05 Å². The van der Waals surface area contributed by atoms with E-state index in [1.54, 1.807) is 26.1 Å². The monoisotopic (exact) mass is 486 g/mol. The number of benzene rings is 1. The minimum atomic E-state index is -0.190. The van der Waals surface area contributed by atoms with E-state index in [2.05, 4.69) is 30.4 Å². The van der Waals surface area contributed by atoms with Gasteiger partial charge in [-0.1, -0.05) is 18.6 Å². The fraction of sp³-hybridized carbons (Fsp3) is 0.526. The third-order valence-electron chi connectivity index (χ3n) is 4.87. The quantitative estimate of drug-likeness (QED) is 0.395. The second-order valence-electron chi connectivity index (χ2n) is 6.80. The second kappa shape index (κ2) is 10.0. The molecule has 1 unspecified atom stereocenters. The fourth-order valence-electron chi connectivity index (χ4n) is 3.20. The third-order valence-corrected chi connectivity index (χ3v) is 4.87. The van der Waals surface area contributed by atoms with Crippen molar-refractivity contribution in [1.29, 1.82) is 0 Å². The number of nitrogens with zero attached hydrogens (tertiary/aromatic N) is 4. The highest BCUT2D eigenvalue weighted by molar-refractivity contribution is 14.0. The Morgan fingerprint density at radius 1 is 1.30 bits per heavy atom. The van der Waals surface area contributed by atoms with Crippen LogP contribution >= 0.6 is 24.0 Å². The molecule has 27 heavy (non-hydrogen) atoms. The molecule has 1 aliphatic heterocycles. The zero-order valence-corrected chi connectivity index (χ0v) is 18.5. The van der Waals surface area contributed by atoms with Crippen molar-refractivity contribution in [3.63, 3.8) is 0 Å². The minimum absolute atomic E-state index is 0. The second-order valence-corrected chi connectivity index (χ2v) is 6.80. The van der Waals surface area contributed by atoms with Crippen molar-refractivity contribution in [3.8, 4) is 0 Å². The van der Waals surface area contributed by atoms with Crippen molar-refractivity contribution < 1.29 is 4.39 Å². The highest BCUT2D eigenvalue weighted by Crippen LogP contribution is 2.17. The number of aromatic nitrogens is 3. The molecule has 1 aliphatic rings. The maximum atomic E-state index is 13.8. The van der Waals surface area contributed by atoms with Gasteiger partial charge in [-0.2, -0.15) is 0 Å². The molecule has 0 spiro atoms. The van der Waals surface area contributed by atoms with E-state index in [9.17, 15) is 4.39 Å². The zero-order valence-electron chi connectivity index (χ0n) is 16.1. The Labute approximate surface area is 177 Å². The Morgan fingerprint density at radius 2 is 2.11 bits per heavy atom. The van der Waals surface area contributed by atoms with Crippen LogP contribution in [0.1, 0.15) is 55.0 Å². The summed E-state index contributed by atoms with van der Waals surface area (Å²) < 4.78 is 16.0. The van der Waals surface area contributed by atoms with Crippen molar-refractivity contribution in [2.24, 2.45) is 4.99 Å². The first-order chi connectivity index (χ1) is 12.6. The van der Waals surface area contributed by atoms with Gasteiger partial charge < -0.3 is 15.2 Å². The molecule has 0 saturated heterocycles. The third kappa shape index (κ3) is 5.40. The van der Waals surface area contributed by atoms with E-state index in [4.69, 9.17) is 0 Å². The van der Waals surface area contributed by atoms with Crippen molar-refractivity contribution in [2.45, 2.75) is 58.7 Å². The molecule has 0 radical (unpaired) electrons. The first-order valence-corrected chi connectivity index (χ1v) is 9.22. The SMILES string of the molecule is CN=C(NCc1nnc2n1CCCCC2)NC(C)c1ccc(C)c(F)c1.I. The summed E-state index contributed by atoms with van der Waals surface area (Å²) in [5.74, 6) is 2.47. The van der Waals surface area contributed by atoms with Crippen LogP contribution in [0.25, 0.3) is 0 Å². The normalized spacial score (nSPS) is 15.3. The Kier molecular flexibility index (Phi) is 8.00. The van der Waals surface area contributed by atoms with E-state index in [1.165, 1.54) is 19.3 Å². The standard InChI is InChI=1S/C19H27FN6.HI/c1-13-8-9-15(11-16(13)20)14(2)23-19(21-3)22-12-18-25-24-17-7-5-4-6-10-26(17)18;/h8-9,11,14H,4-7,10,12H2,1-3H3,(H2,21,22,23);1H. The Hall–Kier alpha value is -1.71. The first-order valence-electron chi connectivity index (χ1n) is 9.22. The van der Waals surface area contributed by atoms with Crippen LogP contribution in [0.15, 0.2) is 23.2 Å². The molecule has 2 aromatic rings. The highest BCUT2D eigenvalue weighted by atomic mass is 127. The van der Waals surface area contributed by atoms with Crippen molar-refractivity contribution in [3.05, 3.63) is 46.8 Å². The summed E-state index contributed by atoms with van der Waals surface area (Å²) in [6.45, 7) is 5.28. The number of guanidine groups is 1. The van der Waals surface area contributed by atoms with Gasteiger partial charge in [-0.3, -0.25) is 4.99 Å². The summed E-state index contributed by atoms with van der Waals surface area (Å²) in [5, 5.41) is 15.2. The van der Waals surface area contributed by atoms with Crippen molar-refractivity contribution >= 4 is 29.9 Å². The molecule has 1 aromatic carbocycles. The molecular weight excluding hydrogens is 458 g/mol. The van der Waals surface area contributed by atoms with Gasteiger partial charge >= 0.3 is 0 Å². The van der Waals surface area contributed by atoms with E-state index in [-0.39, 0.29) is 35.8 Å². The number of aryl methyl sites for hydroxylation is 2. The van der Waals surface area contributed by atoms with Gasteiger partial charge in [0.1, 0.15) is 11.6 Å². The Morgan fingerprint density at radius 3 is 2.85 bits per heavy atom. The molecule has 0 aliphatic carbocycles. The van der Waals surface area contributed by atoms with E-state index in [0.29, 0.717) is 18.1 Å². The predicted molar refractivity (Wildman–Crippen MR) is 116 cm³/mol. The maximum absolute atomic E-state index is 13.8. The van der Waals surface area contributed by atoms with Crippen LogP contribution in [0, 0.1) is 12.7 Å². The lowest BCUT2D eigenvalue weighted by Crippen LogP contribution is -2.38. The van der Waals surface area contributed by atoms with Crippen LogP contribution in [0.5, 0.6) is 0 Å². The van der Waals surface area contributed by atoms with Gasteiger partial charge in [-0.15, -0.1) is 34.2 Å². The van der Waals surface area contributed by atoms with Gasteiger partial charge in [0, 0.05) is 20.0 Å². The van der Waals surface area contributed by atoms with Crippen LogP contribution in [-0.2, 0) is 19.5 Å². The number of halogens is 2. The average Bonchev–Trinajstić information content (AvgIpc) is 2.87. The number of hydrogen-bond donors (Lipinski definition) is 2. The van der Waals surface area contributed by atoms with Crippen LogP contribution in [-0.4, -0.2) is 27.8 Å². The predicted octanol–water partition coefficient (Wildman–Crippen LogP) is 3.50. The van der Waals surface area contributed by atoms with Gasteiger partial charge in [0.15, 0.2) is 11.8 Å². The molecule has 3 rings (SSSR count). The summed E-state index contributed by atoms with van der Waals surface area (Å²) in [5.41, 5.74) is 1.53. The highest BCUT2D eigenvalue weighted by Gasteiger charge is 2.15. The molecule has 0 bridgehead atoms. The summed E-state index contributed by atoms with van der Waals surface area (Å²) in [6.07, 6.45) is 4.58. The largest absolute Gasteiger partial charge is 0.350 e. The molecule has 8 heteroatoms. The molecule has 2 N–H and O–H groups in total. The number of rotatable bonds is 4. The molecular formula is C19H28FIN6. The molecule has 6 nitrogen and oxygen atoms in total. The Bertz CT molecular complexity index is 789. The van der Waals surface area contributed by atoms with Crippen LogP contribution in [0.2, 0.25) is 0 Å². The van der Waals surface area contributed by atoms with Crippen LogP contribution in [0.4, 0.5) is 4.39 Å². The number of nitrogens with one attached hydrogen (secondary N) is 2. The van der Waals surface area contributed by atoms with Gasteiger partial charge in [-0.05, 0) is 43.9 Å². The average molecular weight is 486 g/mol. The lowest BCUT2D eigenvalue weighted by molar-refractivity contribution is 0.591. The maximum Gasteiger partial charge on any atom is 0.191 e.